The normalized spacial score (nSPS) is 25.6. The Bertz CT molecular complexity index is 417. The lowest BCUT2D eigenvalue weighted by Crippen LogP contribution is -2.37. The van der Waals surface area contributed by atoms with Crippen molar-refractivity contribution in [2.24, 2.45) is 5.73 Å². The highest BCUT2D eigenvalue weighted by Gasteiger charge is 2.32. The van der Waals surface area contributed by atoms with Crippen molar-refractivity contribution in [1.29, 1.82) is 0 Å². The molecule has 1 aromatic carbocycles. The third-order valence-corrected chi connectivity index (χ3v) is 4.86. The fourth-order valence-electron chi connectivity index (χ4n) is 3.52. The zero-order valence-corrected chi connectivity index (χ0v) is 12.1. The first-order valence-electron chi connectivity index (χ1n) is 7.87. The first-order chi connectivity index (χ1) is 9.82. The van der Waals surface area contributed by atoms with E-state index < -0.39 is 0 Å². The standard InChI is InChI=1S/C17H25NO2/c18-13-17(9-2-1-3-10-17)14-4-6-15(7-5-14)20-16-8-11-19-12-16/h4-7,16H,1-3,8-13,18H2. The Hall–Kier alpha value is -1.06. The molecule has 2 aliphatic rings. The van der Waals surface area contributed by atoms with Crippen LogP contribution in [0.5, 0.6) is 5.75 Å². The molecule has 2 N–H and O–H groups in total. The van der Waals surface area contributed by atoms with Gasteiger partial charge in [-0.2, -0.15) is 0 Å². The van der Waals surface area contributed by atoms with Crippen LogP contribution in [0.4, 0.5) is 0 Å². The number of hydrogen-bond donors (Lipinski definition) is 1. The molecule has 2 fully saturated rings. The summed E-state index contributed by atoms with van der Waals surface area (Å²) in [6, 6.07) is 8.62. The molecule has 1 atom stereocenters. The van der Waals surface area contributed by atoms with Gasteiger partial charge in [-0.3, -0.25) is 0 Å². The minimum atomic E-state index is 0.202. The van der Waals surface area contributed by atoms with Gasteiger partial charge in [-0.05, 0) is 30.5 Å². The number of ether oxygens (including phenoxy) is 2. The van der Waals surface area contributed by atoms with Crippen molar-refractivity contribution < 1.29 is 9.47 Å². The van der Waals surface area contributed by atoms with E-state index in [9.17, 15) is 0 Å². The molecule has 3 nitrogen and oxygen atoms in total. The van der Waals surface area contributed by atoms with Gasteiger partial charge in [-0.25, -0.2) is 0 Å². The third kappa shape index (κ3) is 2.84. The van der Waals surface area contributed by atoms with Crippen LogP contribution in [0, 0.1) is 0 Å². The average Bonchev–Trinajstić information content (AvgIpc) is 3.02. The maximum absolute atomic E-state index is 6.09. The smallest absolute Gasteiger partial charge is 0.124 e. The van der Waals surface area contributed by atoms with Gasteiger partial charge in [0.2, 0.25) is 0 Å². The van der Waals surface area contributed by atoms with Crippen LogP contribution in [0.25, 0.3) is 0 Å². The van der Waals surface area contributed by atoms with Crippen molar-refractivity contribution in [1.82, 2.24) is 0 Å². The lowest BCUT2D eigenvalue weighted by atomic mass is 9.69. The second-order valence-corrected chi connectivity index (χ2v) is 6.17. The molecule has 1 saturated heterocycles. The Morgan fingerprint density at radius 3 is 2.50 bits per heavy atom. The van der Waals surface area contributed by atoms with Crippen LogP contribution < -0.4 is 10.5 Å². The molecule has 3 rings (SSSR count). The summed E-state index contributed by atoms with van der Waals surface area (Å²) < 4.78 is 11.3. The summed E-state index contributed by atoms with van der Waals surface area (Å²) in [5, 5.41) is 0. The molecule has 0 radical (unpaired) electrons. The van der Waals surface area contributed by atoms with Crippen LogP contribution in [0.2, 0.25) is 0 Å². The summed E-state index contributed by atoms with van der Waals surface area (Å²) in [5.74, 6) is 0.951. The first-order valence-corrected chi connectivity index (χ1v) is 7.87. The molecule has 1 aromatic rings. The van der Waals surface area contributed by atoms with Crippen LogP contribution in [0.3, 0.4) is 0 Å². The molecular formula is C17H25NO2. The maximum Gasteiger partial charge on any atom is 0.124 e. The average molecular weight is 275 g/mol. The van der Waals surface area contributed by atoms with Gasteiger partial charge < -0.3 is 15.2 Å². The monoisotopic (exact) mass is 275 g/mol. The largest absolute Gasteiger partial charge is 0.488 e. The topological polar surface area (TPSA) is 44.5 Å². The summed E-state index contributed by atoms with van der Waals surface area (Å²) in [7, 11) is 0. The van der Waals surface area contributed by atoms with Crippen molar-refractivity contribution in [2.75, 3.05) is 19.8 Å². The number of hydrogen-bond acceptors (Lipinski definition) is 3. The fraction of sp³-hybridized carbons (Fsp3) is 0.647. The summed E-state index contributed by atoms with van der Waals surface area (Å²) in [5.41, 5.74) is 7.68. The molecule has 1 unspecified atom stereocenters. The quantitative estimate of drug-likeness (QED) is 0.918. The van der Waals surface area contributed by atoms with Crippen molar-refractivity contribution in [3.63, 3.8) is 0 Å². The van der Waals surface area contributed by atoms with Gasteiger partial charge in [0.1, 0.15) is 11.9 Å². The number of nitrogens with two attached hydrogens (primary N) is 1. The highest BCUT2D eigenvalue weighted by molar-refractivity contribution is 5.33. The van der Waals surface area contributed by atoms with Gasteiger partial charge in [0, 0.05) is 18.4 Å². The number of benzene rings is 1. The Morgan fingerprint density at radius 1 is 1.15 bits per heavy atom. The molecule has 20 heavy (non-hydrogen) atoms. The van der Waals surface area contributed by atoms with Gasteiger partial charge in [0.05, 0.1) is 13.2 Å². The predicted molar refractivity (Wildman–Crippen MR) is 80.1 cm³/mol. The molecule has 3 heteroatoms. The van der Waals surface area contributed by atoms with E-state index in [1.165, 1.54) is 37.7 Å². The summed E-state index contributed by atoms with van der Waals surface area (Å²) in [6.45, 7) is 2.29. The second-order valence-electron chi connectivity index (χ2n) is 6.17. The summed E-state index contributed by atoms with van der Waals surface area (Å²) >= 11 is 0. The van der Waals surface area contributed by atoms with E-state index in [0.29, 0.717) is 6.61 Å². The Balaban J connectivity index is 1.70. The first kappa shape index (κ1) is 13.9. The molecule has 1 saturated carbocycles. The SMILES string of the molecule is NCC1(c2ccc(OC3CCOC3)cc2)CCCCC1. The highest BCUT2D eigenvalue weighted by Crippen LogP contribution is 2.39. The lowest BCUT2D eigenvalue weighted by Gasteiger charge is -2.37. The Kier molecular flexibility index (Phi) is 4.27. The fourth-order valence-corrected chi connectivity index (χ4v) is 3.52. The van der Waals surface area contributed by atoms with E-state index in [4.69, 9.17) is 15.2 Å². The van der Waals surface area contributed by atoms with E-state index in [2.05, 4.69) is 24.3 Å². The molecule has 0 aromatic heterocycles. The number of rotatable bonds is 4. The molecule has 0 amide bonds. The maximum atomic E-state index is 6.09. The van der Waals surface area contributed by atoms with Crippen molar-refractivity contribution in [2.45, 2.75) is 50.0 Å². The van der Waals surface area contributed by atoms with Crippen molar-refractivity contribution in [3.05, 3.63) is 29.8 Å². The van der Waals surface area contributed by atoms with Gasteiger partial charge in [0.15, 0.2) is 0 Å². The molecular weight excluding hydrogens is 250 g/mol. The van der Waals surface area contributed by atoms with E-state index in [1.807, 2.05) is 0 Å². The lowest BCUT2D eigenvalue weighted by molar-refractivity contribution is 0.141. The Morgan fingerprint density at radius 2 is 1.90 bits per heavy atom. The van der Waals surface area contributed by atoms with E-state index >= 15 is 0 Å². The van der Waals surface area contributed by atoms with Gasteiger partial charge >= 0.3 is 0 Å². The Labute approximate surface area is 121 Å². The van der Waals surface area contributed by atoms with E-state index in [0.717, 1.165) is 25.3 Å². The molecule has 110 valence electrons. The van der Waals surface area contributed by atoms with Crippen LogP contribution in [-0.2, 0) is 10.2 Å². The van der Waals surface area contributed by atoms with Gasteiger partial charge in [0.25, 0.3) is 0 Å². The van der Waals surface area contributed by atoms with E-state index in [-0.39, 0.29) is 11.5 Å². The minimum absolute atomic E-state index is 0.202. The molecule has 1 aliphatic heterocycles. The van der Waals surface area contributed by atoms with Crippen LogP contribution in [-0.4, -0.2) is 25.9 Å². The predicted octanol–water partition coefficient (Wildman–Crippen LogP) is 3.01. The summed E-state index contributed by atoms with van der Waals surface area (Å²) in [6.07, 6.45) is 7.61. The van der Waals surface area contributed by atoms with E-state index in [1.54, 1.807) is 0 Å². The van der Waals surface area contributed by atoms with Gasteiger partial charge in [-0.15, -0.1) is 0 Å². The van der Waals surface area contributed by atoms with Crippen LogP contribution >= 0.6 is 0 Å². The molecule has 1 heterocycles. The van der Waals surface area contributed by atoms with Gasteiger partial charge in [-0.1, -0.05) is 31.4 Å². The summed E-state index contributed by atoms with van der Waals surface area (Å²) in [4.78, 5) is 0. The molecule has 0 bridgehead atoms. The highest BCUT2D eigenvalue weighted by atomic mass is 16.5. The minimum Gasteiger partial charge on any atom is -0.488 e. The van der Waals surface area contributed by atoms with Crippen molar-refractivity contribution >= 4 is 0 Å². The van der Waals surface area contributed by atoms with Crippen molar-refractivity contribution in [3.8, 4) is 5.75 Å². The second kappa shape index (κ2) is 6.15. The van der Waals surface area contributed by atoms with Crippen LogP contribution in [0.15, 0.2) is 24.3 Å². The molecule has 1 aliphatic carbocycles. The zero-order valence-electron chi connectivity index (χ0n) is 12.1. The van der Waals surface area contributed by atoms with Crippen LogP contribution in [0.1, 0.15) is 44.1 Å². The zero-order chi connectivity index (χ0) is 13.8. The third-order valence-electron chi connectivity index (χ3n) is 4.86. The molecule has 0 spiro atoms.